The molecule has 3 rings (SSSR count). The fourth-order valence-electron chi connectivity index (χ4n) is 2.62. The third-order valence-corrected chi connectivity index (χ3v) is 4.15. The van der Waals surface area contributed by atoms with Crippen LogP contribution in [-0.2, 0) is 0 Å². The van der Waals surface area contributed by atoms with Crippen molar-refractivity contribution in [2.45, 2.75) is 13.8 Å². The second-order valence-electron chi connectivity index (χ2n) is 6.13. The molecule has 1 heterocycles. The topological polar surface area (TPSA) is 104 Å². The Balaban J connectivity index is 1.79. The molecular formula is C20H17ClN4O3. The summed E-state index contributed by atoms with van der Waals surface area (Å²) in [4.78, 5) is 32.4. The van der Waals surface area contributed by atoms with Gasteiger partial charge in [0.25, 0.3) is 5.91 Å². The summed E-state index contributed by atoms with van der Waals surface area (Å²) in [6.45, 7) is 3.75. The molecule has 0 radical (unpaired) electrons. The van der Waals surface area contributed by atoms with Gasteiger partial charge in [-0.3, -0.25) is 4.79 Å². The maximum Gasteiger partial charge on any atom is 0.337 e. The van der Waals surface area contributed by atoms with Crippen molar-refractivity contribution in [3.8, 4) is 0 Å². The first-order valence-corrected chi connectivity index (χ1v) is 8.73. The van der Waals surface area contributed by atoms with Crippen LogP contribution in [-0.4, -0.2) is 27.0 Å². The first-order chi connectivity index (χ1) is 13.3. The smallest absolute Gasteiger partial charge is 0.337 e. The number of carbonyl (C=O) groups is 2. The minimum absolute atomic E-state index is 0.0816. The molecule has 1 amide bonds. The lowest BCUT2D eigenvalue weighted by molar-refractivity contribution is 0.0696. The van der Waals surface area contributed by atoms with Crippen LogP contribution in [0.1, 0.15) is 32.1 Å². The zero-order valence-corrected chi connectivity index (χ0v) is 15.9. The lowest BCUT2D eigenvalue weighted by atomic mass is 10.1. The van der Waals surface area contributed by atoms with Crippen LogP contribution in [0.3, 0.4) is 0 Å². The lowest BCUT2D eigenvalue weighted by Gasteiger charge is -2.10. The number of hydrogen-bond donors (Lipinski definition) is 3. The summed E-state index contributed by atoms with van der Waals surface area (Å²) in [7, 11) is 0. The van der Waals surface area contributed by atoms with Crippen molar-refractivity contribution in [2.75, 3.05) is 10.6 Å². The summed E-state index contributed by atoms with van der Waals surface area (Å²) in [6, 6.07) is 13.0. The van der Waals surface area contributed by atoms with Gasteiger partial charge in [0.05, 0.1) is 10.6 Å². The molecular weight excluding hydrogens is 380 g/mol. The standard InChI is InChI=1S/C20H17ClN4O3/c1-11-8-12(2)23-20(22-11)25-14-5-3-4-13(9-14)18(26)24-15-6-7-17(21)16(10-15)19(27)28/h3-10H,1-2H3,(H,24,26)(H,27,28)(H,22,23,25). The Kier molecular flexibility index (Phi) is 5.56. The van der Waals surface area contributed by atoms with E-state index >= 15 is 0 Å². The number of anilines is 3. The zero-order valence-electron chi connectivity index (χ0n) is 15.2. The van der Waals surface area contributed by atoms with Gasteiger partial charge >= 0.3 is 5.97 Å². The molecule has 7 nitrogen and oxygen atoms in total. The quantitative estimate of drug-likeness (QED) is 0.588. The largest absolute Gasteiger partial charge is 0.478 e. The monoisotopic (exact) mass is 396 g/mol. The van der Waals surface area contributed by atoms with Crippen molar-refractivity contribution in [3.63, 3.8) is 0 Å². The van der Waals surface area contributed by atoms with Gasteiger partial charge in [-0.1, -0.05) is 17.7 Å². The van der Waals surface area contributed by atoms with Gasteiger partial charge in [-0.15, -0.1) is 0 Å². The summed E-state index contributed by atoms with van der Waals surface area (Å²) >= 11 is 5.85. The van der Waals surface area contributed by atoms with Gasteiger partial charge in [0.15, 0.2) is 0 Å². The zero-order chi connectivity index (χ0) is 20.3. The van der Waals surface area contributed by atoms with Crippen LogP contribution in [0.5, 0.6) is 0 Å². The number of rotatable bonds is 5. The molecule has 0 atom stereocenters. The van der Waals surface area contributed by atoms with Crippen LogP contribution < -0.4 is 10.6 Å². The molecule has 0 fully saturated rings. The van der Waals surface area contributed by atoms with E-state index in [2.05, 4.69) is 20.6 Å². The van der Waals surface area contributed by atoms with Gasteiger partial charge < -0.3 is 15.7 Å². The number of aromatic carboxylic acids is 1. The van der Waals surface area contributed by atoms with Crippen LogP contribution >= 0.6 is 11.6 Å². The second-order valence-corrected chi connectivity index (χ2v) is 6.54. The summed E-state index contributed by atoms with van der Waals surface area (Å²) in [5, 5.41) is 15.0. The molecule has 0 aliphatic carbocycles. The summed E-state index contributed by atoms with van der Waals surface area (Å²) < 4.78 is 0. The van der Waals surface area contributed by atoms with E-state index in [1.807, 2.05) is 19.9 Å². The van der Waals surface area contributed by atoms with Crippen LogP contribution in [0.4, 0.5) is 17.3 Å². The van der Waals surface area contributed by atoms with Crippen LogP contribution in [0.15, 0.2) is 48.5 Å². The summed E-state index contributed by atoms with van der Waals surface area (Å²) in [5.74, 6) is -1.11. The first-order valence-electron chi connectivity index (χ1n) is 8.35. The number of aryl methyl sites for hydroxylation is 2. The predicted molar refractivity (Wildman–Crippen MR) is 108 cm³/mol. The molecule has 0 aliphatic rings. The number of halogens is 1. The van der Waals surface area contributed by atoms with E-state index in [0.29, 0.717) is 22.9 Å². The van der Waals surface area contributed by atoms with Crippen molar-refractivity contribution in [1.82, 2.24) is 9.97 Å². The number of aromatic nitrogens is 2. The van der Waals surface area contributed by atoms with E-state index in [1.165, 1.54) is 18.2 Å². The summed E-state index contributed by atoms with van der Waals surface area (Å²) in [5.41, 5.74) is 2.97. The number of nitrogens with zero attached hydrogens (tertiary/aromatic N) is 2. The predicted octanol–water partition coefficient (Wildman–Crippen LogP) is 4.44. The number of carbonyl (C=O) groups excluding carboxylic acids is 1. The van der Waals surface area contributed by atoms with Gasteiger partial charge in [-0.05, 0) is 56.3 Å². The molecule has 28 heavy (non-hydrogen) atoms. The average molecular weight is 397 g/mol. The van der Waals surface area contributed by atoms with Gasteiger partial charge in [0.2, 0.25) is 5.95 Å². The lowest BCUT2D eigenvalue weighted by Crippen LogP contribution is -2.13. The Bertz CT molecular complexity index is 1050. The third-order valence-electron chi connectivity index (χ3n) is 3.82. The van der Waals surface area contributed by atoms with E-state index in [9.17, 15) is 9.59 Å². The fraction of sp³-hybridized carbons (Fsp3) is 0.100. The average Bonchev–Trinajstić information content (AvgIpc) is 2.62. The molecule has 1 aromatic heterocycles. The Labute approximate surface area is 166 Å². The molecule has 142 valence electrons. The van der Waals surface area contributed by atoms with Gasteiger partial charge in [-0.2, -0.15) is 0 Å². The highest BCUT2D eigenvalue weighted by atomic mass is 35.5. The highest BCUT2D eigenvalue weighted by Gasteiger charge is 2.12. The molecule has 0 bridgehead atoms. The van der Waals surface area contributed by atoms with Crippen LogP contribution in [0.2, 0.25) is 5.02 Å². The summed E-state index contributed by atoms with van der Waals surface area (Å²) in [6.07, 6.45) is 0. The molecule has 3 N–H and O–H groups in total. The Morgan fingerprint density at radius 1 is 0.964 bits per heavy atom. The third kappa shape index (κ3) is 4.63. The molecule has 0 unspecified atom stereocenters. The Morgan fingerprint density at radius 3 is 2.36 bits per heavy atom. The molecule has 3 aromatic rings. The normalized spacial score (nSPS) is 10.4. The number of amides is 1. The maximum atomic E-state index is 12.5. The highest BCUT2D eigenvalue weighted by Crippen LogP contribution is 2.22. The van der Waals surface area contributed by atoms with Crippen molar-refractivity contribution < 1.29 is 14.7 Å². The number of carboxylic acid groups (broad SMARTS) is 1. The Morgan fingerprint density at radius 2 is 1.68 bits per heavy atom. The molecule has 0 spiro atoms. The molecule has 0 saturated carbocycles. The molecule has 2 aromatic carbocycles. The van der Waals surface area contributed by atoms with Gasteiger partial charge in [-0.25, -0.2) is 14.8 Å². The second kappa shape index (κ2) is 8.06. The Hall–Kier alpha value is -3.45. The minimum atomic E-state index is -1.17. The van der Waals surface area contributed by atoms with E-state index in [4.69, 9.17) is 16.7 Å². The van der Waals surface area contributed by atoms with Crippen LogP contribution in [0.25, 0.3) is 0 Å². The number of benzene rings is 2. The van der Waals surface area contributed by atoms with Crippen molar-refractivity contribution in [1.29, 1.82) is 0 Å². The van der Waals surface area contributed by atoms with Crippen LogP contribution in [0, 0.1) is 13.8 Å². The van der Waals surface area contributed by atoms with Crippen molar-refractivity contribution in [3.05, 3.63) is 76.1 Å². The molecule has 8 heteroatoms. The van der Waals surface area contributed by atoms with E-state index in [-0.39, 0.29) is 16.5 Å². The number of nitrogens with one attached hydrogen (secondary N) is 2. The highest BCUT2D eigenvalue weighted by molar-refractivity contribution is 6.33. The van der Waals surface area contributed by atoms with Gasteiger partial charge in [0.1, 0.15) is 0 Å². The molecule has 0 aliphatic heterocycles. The van der Waals surface area contributed by atoms with E-state index < -0.39 is 5.97 Å². The number of hydrogen-bond acceptors (Lipinski definition) is 5. The molecule has 0 saturated heterocycles. The fourth-order valence-corrected chi connectivity index (χ4v) is 2.82. The minimum Gasteiger partial charge on any atom is -0.478 e. The van der Waals surface area contributed by atoms with Gasteiger partial charge in [0, 0.05) is 28.3 Å². The van der Waals surface area contributed by atoms with E-state index in [1.54, 1.807) is 24.3 Å². The van der Waals surface area contributed by atoms with E-state index in [0.717, 1.165) is 11.4 Å². The first kappa shape index (κ1) is 19.3. The van der Waals surface area contributed by atoms with Crippen molar-refractivity contribution in [2.24, 2.45) is 0 Å². The number of carboxylic acids is 1. The SMILES string of the molecule is Cc1cc(C)nc(Nc2cccc(C(=O)Nc3ccc(Cl)c(C(=O)O)c3)c2)n1. The maximum absolute atomic E-state index is 12.5. The van der Waals surface area contributed by atoms with Crippen molar-refractivity contribution >= 4 is 40.8 Å².